The number of nitrogens with one attached hydrogen (secondary N) is 1. The van der Waals surface area contributed by atoms with E-state index in [2.05, 4.69) is 21.2 Å². The Morgan fingerprint density at radius 2 is 1.86 bits per heavy atom. The fourth-order valence-corrected chi connectivity index (χ4v) is 3.78. The van der Waals surface area contributed by atoms with E-state index >= 15 is 0 Å². The summed E-state index contributed by atoms with van der Waals surface area (Å²) in [6.07, 6.45) is 4.02. The van der Waals surface area contributed by atoms with Crippen LogP contribution in [0.1, 0.15) is 11.3 Å². The van der Waals surface area contributed by atoms with Crippen molar-refractivity contribution in [3.8, 4) is 16.9 Å². The van der Waals surface area contributed by atoms with Crippen LogP contribution >= 0.6 is 23.2 Å². The Morgan fingerprint density at radius 3 is 2.66 bits per heavy atom. The predicted molar refractivity (Wildman–Crippen MR) is 118 cm³/mol. The van der Waals surface area contributed by atoms with Gasteiger partial charge >= 0.3 is 0 Å². The van der Waals surface area contributed by atoms with Crippen molar-refractivity contribution < 1.29 is 4.74 Å². The standard InChI is InChI=1S/C22H20Cl2N4O/c1-13-18-8-14(5-6-22(18)28-27-13)15-7-17(11-26-10-15)29-12-16(25)9-19-20(23)3-2-4-21(19)24/h2-8,10-11,16H,9,12,25H2,1H3,(H,27,28)/t16-/m0/s1. The topological polar surface area (TPSA) is 76.8 Å². The van der Waals surface area contributed by atoms with Crippen molar-refractivity contribution in [3.05, 3.63) is 76.2 Å². The first kappa shape index (κ1) is 19.7. The molecule has 5 nitrogen and oxygen atoms in total. The van der Waals surface area contributed by atoms with Crippen LogP contribution in [0.2, 0.25) is 10.0 Å². The van der Waals surface area contributed by atoms with Crippen molar-refractivity contribution >= 4 is 34.1 Å². The van der Waals surface area contributed by atoms with E-state index in [9.17, 15) is 0 Å². The summed E-state index contributed by atoms with van der Waals surface area (Å²) in [5.41, 5.74) is 11.1. The van der Waals surface area contributed by atoms with Gasteiger partial charge < -0.3 is 10.5 Å². The van der Waals surface area contributed by atoms with Crippen LogP contribution in [0.3, 0.4) is 0 Å². The van der Waals surface area contributed by atoms with E-state index in [1.54, 1.807) is 6.20 Å². The SMILES string of the molecule is Cc1n[nH]c2ccc(-c3cncc(OC[C@@H](N)Cc4c(Cl)cccc4Cl)c3)cc12. The predicted octanol–water partition coefficient (Wildman–Crippen LogP) is 5.19. The minimum atomic E-state index is -0.249. The number of rotatable bonds is 6. The Balaban J connectivity index is 1.46. The molecule has 2 heterocycles. The van der Waals surface area contributed by atoms with E-state index < -0.39 is 0 Å². The lowest BCUT2D eigenvalue weighted by molar-refractivity contribution is 0.287. The number of nitrogens with two attached hydrogens (primary N) is 1. The van der Waals surface area contributed by atoms with Gasteiger partial charge in [-0.3, -0.25) is 10.1 Å². The van der Waals surface area contributed by atoms with Gasteiger partial charge in [-0.1, -0.05) is 35.3 Å². The third-order valence-corrected chi connectivity index (χ3v) is 5.50. The van der Waals surface area contributed by atoms with Gasteiger partial charge in [-0.05, 0) is 54.8 Å². The molecule has 148 valence electrons. The first-order valence-corrected chi connectivity index (χ1v) is 9.98. The van der Waals surface area contributed by atoms with E-state index in [0.29, 0.717) is 28.8 Å². The summed E-state index contributed by atoms with van der Waals surface area (Å²) in [4.78, 5) is 4.31. The number of hydrogen-bond acceptors (Lipinski definition) is 4. The van der Waals surface area contributed by atoms with Crippen LogP contribution in [0.5, 0.6) is 5.75 Å². The van der Waals surface area contributed by atoms with Gasteiger partial charge in [0.1, 0.15) is 12.4 Å². The molecule has 0 saturated carbocycles. The van der Waals surface area contributed by atoms with Crippen molar-refractivity contribution in [2.24, 2.45) is 5.73 Å². The molecule has 2 aromatic carbocycles. The molecule has 0 unspecified atom stereocenters. The lowest BCUT2D eigenvalue weighted by Gasteiger charge is -2.15. The number of fused-ring (bicyclic) bond motifs is 1. The number of benzene rings is 2. The fourth-order valence-electron chi connectivity index (χ4n) is 3.23. The molecule has 2 aromatic heterocycles. The summed E-state index contributed by atoms with van der Waals surface area (Å²) in [6.45, 7) is 2.31. The molecule has 0 bridgehead atoms. The highest BCUT2D eigenvalue weighted by Crippen LogP contribution is 2.28. The van der Waals surface area contributed by atoms with Crippen LogP contribution in [-0.4, -0.2) is 27.8 Å². The van der Waals surface area contributed by atoms with Gasteiger partial charge in [-0.2, -0.15) is 5.10 Å². The van der Waals surface area contributed by atoms with Crippen molar-refractivity contribution in [1.82, 2.24) is 15.2 Å². The van der Waals surface area contributed by atoms with Gasteiger partial charge in [0.2, 0.25) is 0 Å². The average Bonchev–Trinajstić information content (AvgIpc) is 3.10. The van der Waals surface area contributed by atoms with Gasteiger partial charge in [0.15, 0.2) is 0 Å². The summed E-state index contributed by atoms with van der Waals surface area (Å²) in [5, 5.41) is 9.58. The fraction of sp³-hybridized carbons (Fsp3) is 0.182. The molecular weight excluding hydrogens is 407 g/mol. The molecule has 7 heteroatoms. The molecule has 0 saturated heterocycles. The highest BCUT2D eigenvalue weighted by molar-refractivity contribution is 6.36. The molecule has 0 aliphatic heterocycles. The maximum Gasteiger partial charge on any atom is 0.138 e. The largest absolute Gasteiger partial charge is 0.490 e. The molecule has 0 fully saturated rings. The van der Waals surface area contributed by atoms with Crippen molar-refractivity contribution in [1.29, 1.82) is 0 Å². The quantitative estimate of drug-likeness (QED) is 0.444. The Morgan fingerprint density at radius 1 is 1.07 bits per heavy atom. The molecule has 4 aromatic rings. The molecule has 4 rings (SSSR count). The van der Waals surface area contributed by atoms with Gasteiger partial charge in [0.05, 0.1) is 17.4 Å². The maximum atomic E-state index is 6.23. The number of nitrogens with zero attached hydrogens (tertiary/aromatic N) is 2. The number of aryl methyl sites for hydroxylation is 1. The highest BCUT2D eigenvalue weighted by atomic mass is 35.5. The Kier molecular flexibility index (Phi) is 5.72. The zero-order valence-corrected chi connectivity index (χ0v) is 17.3. The number of hydrogen-bond donors (Lipinski definition) is 2. The first-order chi connectivity index (χ1) is 14.0. The number of aromatic amines is 1. The van der Waals surface area contributed by atoms with Crippen LogP contribution < -0.4 is 10.5 Å². The zero-order chi connectivity index (χ0) is 20.4. The molecule has 29 heavy (non-hydrogen) atoms. The summed E-state index contributed by atoms with van der Waals surface area (Å²) < 4.78 is 5.89. The molecule has 0 aliphatic carbocycles. The number of halogens is 2. The molecule has 1 atom stereocenters. The number of aromatic nitrogens is 3. The number of H-pyrrole nitrogens is 1. The summed E-state index contributed by atoms with van der Waals surface area (Å²) in [6, 6.07) is 13.3. The van der Waals surface area contributed by atoms with Gasteiger partial charge in [0.25, 0.3) is 0 Å². The first-order valence-electron chi connectivity index (χ1n) is 9.22. The maximum absolute atomic E-state index is 6.23. The van der Waals surface area contributed by atoms with Crippen molar-refractivity contribution in [2.45, 2.75) is 19.4 Å². The minimum Gasteiger partial charge on any atom is -0.490 e. The minimum absolute atomic E-state index is 0.249. The molecular formula is C22H20Cl2N4O. The lowest BCUT2D eigenvalue weighted by Crippen LogP contribution is -2.30. The van der Waals surface area contributed by atoms with E-state index in [1.807, 2.05) is 49.5 Å². The zero-order valence-electron chi connectivity index (χ0n) is 15.8. The van der Waals surface area contributed by atoms with E-state index in [0.717, 1.165) is 33.3 Å². The van der Waals surface area contributed by atoms with Crippen LogP contribution in [0.4, 0.5) is 0 Å². The van der Waals surface area contributed by atoms with E-state index in [4.69, 9.17) is 33.7 Å². The molecule has 3 N–H and O–H groups in total. The third-order valence-electron chi connectivity index (χ3n) is 4.79. The molecule has 0 amide bonds. The van der Waals surface area contributed by atoms with Gasteiger partial charge in [-0.25, -0.2) is 0 Å². The Labute approximate surface area is 178 Å². The van der Waals surface area contributed by atoms with E-state index in [1.165, 1.54) is 0 Å². The second kappa shape index (κ2) is 8.41. The second-order valence-electron chi connectivity index (χ2n) is 6.95. The van der Waals surface area contributed by atoms with Crippen LogP contribution in [-0.2, 0) is 6.42 Å². The average molecular weight is 427 g/mol. The van der Waals surface area contributed by atoms with E-state index in [-0.39, 0.29) is 6.04 Å². The Hall–Kier alpha value is -2.60. The van der Waals surface area contributed by atoms with Crippen LogP contribution in [0.15, 0.2) is 54.9 Å². The summed E-state index contributed by atoms with van der Waals surface area (Å²) in [5.74, 6) is 0.659. The second-order valence-corrected chi connectivity index (χ2v) is 7.77. The van der Waals surface area contributed by atoms with Crippen LogP contribution in [0.25, 0.3) is 22.0 Å². The van der Waals surface area contributed by atoms with Gasteiger partial charge in [-0.15, -0.1) is 0 Å². The highest BCUT2D eigenvalue weighted by Gasteiger charge is 2.12. The third kappa shape index (κ3) is 4.37. The van der Waals surface area contributed by atoms with Crippen molar-refractivity contribution in [3.63, 3.8) is 0 Å². The number of ether oxygens (including phenoxy) is 1. The van der Waals surface area contributed by atoms with Crippen molar-refractivity contribution in [2.75, 3.05) is 6.61 Å². The van der Waals surface area contributed by atoms with Crippen LogP contribution in [0, 0.1) is 6.92 Å². The molecule has 0 aliphatic rings. The van der Waals surface area contributed by atoms with Gasteiger partial charge in [0, 0.05) is 33.2 Å². The molecule has 0 radical (unpaired) electrons. The summed E-state index contributed by atoms with van der Waals surface area (Å²) in [7, 11) is 0. The smallest absolute Gasteiger partial charge is 0.138 e. The number of pyridine rings is 1. The lowest BCUT2D eigenvalue weighted by atomic mass is 10.0. The normalized spacial score (nSPS) is 12.3. The summed E-state index contributed by atoms with van der Waals surface area (Å²) >= 11 is 12.5. The monoisotopic (exact) mass is 426 g/mol. The Bertz CT molecular complexity index is 1140. The molecule has 0 spiro atoms.